The molecule has 2 rings (SSSR count). The van der Waals surface area contributed by atoms with Crippen molar-refractivity contribution < 1.29 is 28.3 Å². The third kappa shape index (κ3) is 3.07. The summed E-state index contributed by atoms with van der Waals surface area (Å²) >= 11 is 0. The van der Waals surface area contributed by atoms with Crippen LogP contribution in [-0.2, 0) is 16.1 Å². The first kappa shape index (κ1) is 16.3. The summed E-state index contributed by atoms with van der Waals surface area (Å²) in [6, 6.07) is 2.18. The van der Waals surface area contributed by atoms with Crippen LogP contribution < -0.4 is 15.1 Å². The number of methoxy groups -OCH3 is 2. The predicted molar refractivity (Wildman–Crippen MR) is 77.7 cm³/mol. The highest BCUT2D eigenvalue weighted by atomic mass is 16.6. The summed E-state index contributed by atoms with van der Waals surface area (Å²) in [6.07, 6.45) is 0. The van der Waals surface area contributed by atoms with E-state index in [4.69, 9.17) is 18.6 Å². The lowest BCUT2D eigenvalue weighted by Crippen LogP contribution is -2.07. The fraction of sp³-hybridized carbons (Fsp3) is 0.286. The molecular formula is C14H13NO8. The standard InChI is InChI=1S/C14H13NO8/c1-7(16)22-6-8-4-11(17)23-14-12(8)9(15(18)19)5-10(20-2)13(14)21-3/h4-5H,6H2,1-3H3. The summed E-state index contributed by atoms with van der Waals surface area (Å²) in [6.45, 7) is 0.874. The maximum atomic E-state index is 11.7. The summed E-state index contributed by atoms with van der Waals surface area (Å²) in [4.78, 5) is 33.4. The number of nitrogens with zero attached hydrogens (tertiary/aromatic N) is 1. The summed E-state index contributed by atoms with van der Waals surface area (Å²) in [7, 11) is 2.61. The van der Waals surface area contributed by atoms with Gasteiger partial charge in [0, 0.05) is 18.6 Å². The minimum Gasteiger partial charge on any atom is -0.492 e. The number of benzene rings is 1. The molecule has 9 nitrogen and oxygen atoms in total. The first-order valence-corrected chi connectivity index (χ1v) is 6.38. The smallest absolute Gasteiger partial charge is 0.336 e. The molecule has 23 heavy (non-hydrogen) atoms. The fourth-order valence-corrected chi connectivity index (χ4v) is 2.14. The van der Waals surface area contributed by atoms with Crippen LogP contribution in [0, 0.1) is 10.1 Å². The van der Waals surface area contributed by atoms with Gasteiger partial charge in [-0.05, 0) is 0 Å². The summed E-state index contributed by atoms with van der Waals surface area (Å²) in [5, 5.41) is 11.3. The van der Waals surface area contributed by atoms with E-state index in [1.165, 1.54) is 21.1 Å². The van der Waals surface area contributed by atoms with Crippen molar-refractivity contribution in [2.45, 2.75) is 13.5 Å². The van der Waals surface area contributed by atoms with E-state index in [-0.39, 0.29) is 40.3 Å². The van der Waals surface area contributed by atoms with Gasteiger partial charge in [0.2, 0.25) is 5.75 Å². The molecule has 0 radical (unpaired) electrons. The van der Waals surface area contributed by atoms with Gasteiger partial charge < -0.3 is 18.6 Å². The van der Waals surface area contributed by atoms with Crippen molar-refractivity contribution in [1.82, 2.24) is 0 Å². The van der Waals surface area contributed by atoms with E-state index < -0.39 is 16.5 Å². The van der Waals surface area contributed by atoms with Crippen LogP contribution in [0.15, 0.2) is 21.3 Å². The molecule has 0 aliphatic carbocycles. The zero-order valence-corrected chi connectivity index (χ0v) is 12.6. The molecule has 9 heteroatoms. The van der Waals surface area contributed by atoms with Crippen molar-refractivity contribution in [1.29, 1.82) is 0 Å². The first-order chi connectivity index (χ1) is 10.9. The molecule has 0 amide bonds. The number of esters is 1. The third-order valence-corrected chi connectivity index (χ3v) is 3.05. The molecule has 0 unspecified atom stereocenters. The lowest BCUT2D eigenvalue weighted by atomic mass is 10.1. The summed E-state index contributed by atoms with van der Waals surface area (Å²) < 4.78 is 20.1. The van der Waals surface area contributed by atoms with E-state index in [0.29, 0.717) is 0 Å². The van der Waals surface area contributed by atoms with Gasteiger partial charge in [0.1, 0.15) is 12.0 Å². The number of nitro groups is 1. The Labute approximate surface area is 129 Å². The second-order valence-electron chi connectivity index (χ2n) is 4.46. The Kier molecular flexibility index (Phi) is 4.49. The molecule has 0 fully saturated rings. The van der Waals surface area contributed by atoms with Crippen LogP contribution in [-0.4, -0.2) is 25.1 Å². The van der Waals surface area contributed by atoms with Gasteiger partial charge in [0.05, 0.1) is 25.2 Å². The molecule has 0 saturated heterocycles. The number of nitro benzene ring substituents is 1. The normalized spacial score (nSPS) is 10.4. The predicted octanol–water partition coefficient (Wildman–Crippen LogP) is 1.78. The number of hydrogen-bond donors (Lipinski definition) is 0. The highest BCUT2D eigenvalue weighted by molar-refractivity contribution is 5.95. The van der Waals surface area contributed by atoms with Crippen LogP contribution >= 0.6 is 0 Å². The van der Waals surface area contributed by atoms with Crippen molar-refractivity contribution >= 4 is 22.6 Å². The molecule has 0 aliphatic heterocycles. The van der Waals surface area contributed by atoms with Gasteiger partial charge in [0.25, 0.3) is 5.69 Å². The third-order valence-electron chi connectivity index (χ3n) is 3.05. The van der Waals surface area contributed by atoms with Crippen LogP contribution in [0.5, 0.6) is 11.5 Å². The minimum absolute atomic E-state index is 0.00787. The maximum Gasteiger partial charge on any atom is 0.336 e. The van der Waals surface area contributed by atoms with Crippen LogP contribution in [0.2, 0.25) is 0 Å². The zero-order valence-electron chi connectivity index (χ0n) is 12.6. The van der Waals surface area contributed by atoms with Crippen molar-refractivity contribution in [3.63, 3.8) is 0 Å². The van der Waals surface area contributed by atoms with Crippen LogP contribution in [0.3, 0.4) is 0 Å². The number of carbonyl (C=O) groups is 1. The molecule has 1 aromatic carbocycles. The van der Waals surface area contributed by atoms with Crippen LogP contribution in [0.4, 0.5) is 5.69 Å². The van der Waals surface area contributed by atoms with Crippen molar-refractivity contribution in [2.75, 3.05) is 14.2 Å². The lowest BCUT2D eigenvalue weighted by molar-refractivity contribution is -0.383. The average Bonchev–Trinajstić information content (AvgIpc) is 2.50. The van der Waals surface area contributed by atoms with Gasteiger partial charge in [0.15, 0.2) is 11.3 Å². The minimum atomic E-state index is -0.763. The Morgan fingerprint density at radius 3 is 2.52 bits per heavy atom. The van der Waals surface area contributed by atoms with E-state index in [1.807, 2.05) is 0 Å². The summed E-state index contributed by atoms with van der Waals surface area (Å²) in [5.41, 5.74) is -1.13. The van der Waals surface area contributed by atoms with E-state index in [2.05, 4.69) is 0 Å². The summed E-state index contributed by atoms with van der Waals surface area (Å²) in [5.74, 6) is -0.510. The van der Waals surface area contributed by atoms with Crippen LogP contribution in [0.25, 0.3) is 11.0 Å². The molecule has 1 aromatic heterocycles. The Morgan fingerprint density at radius 1 is 1.30 bits per heavy atom. The number of rotatable bonds is 5. The monoisotopic (exact) mass is 323 g/mol. The van der Waals surface area contributed by atoms with E-state index in [9.17, 15) is 19.7 Å². The Bertz CT molecular complexity index is 839. The van der Waals surface area contributed by atoms with Crippen molar-refractivity contribution in [2.24, 2.45) is 0 Å². The van der Waals surface area contributed by atoms with Gasteiger partial charge in [-0.25, -0.2) is 4.79 Å². The van der Waals surface area contributed by atoms with E-state index in [0.717, 1.165) is 12.1 Å². The number of non-ortho nitro benzene ring substituents is 1. The van der Waals surface area contributed by atoms with E-state index >= 15 is 0 Å². The molecular weight excluding hydrogens is 310 g/mol. The van der Waals surface area contributed by atoms with E-state index in [1.54, 1.807) is 0 Å². The van der Waals surface area contributed by atoms with Gasteiger partial charge >= 0.3 is 11.6 Å². The SMILES string of the molecule is COc1cc([N+](=O)[O-])c2c(COC(C)=O)cc(=O)oc2c1OC. The van der Waals surface area contributed by atoms with Crippen LogP contribution in [0.1, 0.15) is 12.5 Å². The molecule has 0 bridgehead atoms. The Morgan fingerprint density at radius 2 is 2.00 bits per heavy atom. The zero-order chi connectivity index (χ0) is 17.1. The molecule has 1 heterocycles. The number of carbonyl (C=O) groups excluding carboxylic acids is 1. The number of hydrogen-bond acceptors (Lipinski definition) is 8. The quantitative estimate of drug-likeness (QED) is 0.353. The molecule has 122 valence electrons. The maximum absolute atomic E-state index is 11.7. The molecule has 0 spiro atoms. The molecule has 2 aromatic rings. The highest BCUT2D eigenvalue weighted by Crippen LogP contribution is 2.42. The highest BCUT2D eigenvalue weighted by Gasteiger charge is 2.26. The number of fused-ring (bicyclic) bond motifs is 1. The fourth-order valence-electron chi connectivity index (χ4n) is 2.14. The molecule has 0 N–H and O–H groups in total. The Balaban J connectivity index is 2.89. The Hall–Kier alpha value is -3.10. The molecule has 0 aliphatic rings. The topological polar surface area (TPSA) is 118 Å². The molecule has 0 atom stereocenters. The first-order valence-electron chi connectivity index (χ1n) is 6.38. The lowest BCUT2D eigenvalue weighted by Gasteiger charge is -2.12. The largest absolute Gasteiger partial charge is 0.492 e. The average molecular weight is 323 g/mol. The second kappa shape index (κ2) is 6.34. The van der Waals surface area contributed by atoms with Crippen molar-refractivity contribution in [3.8, 4) is 11.5 Å². The van der Waals surface area contributed by atoms with Gasteiger partial charge in [-0.2, -0.15) is 0 Å². The number of ether oxygens (including phenoxy) is 3. The van der Waals surface area contributed by atoms with Crippen molar-refractivity contribution in [3.05, 3.63) is 38.2 Å². The van der Waals surface area contributed by atoms with Gasteiger partial charge in [-0.1, -0.05) is 0 Å². The molecule has 0 saturated carbocycles. The van der Waals surface area contributed by atoms with Gasteiger partial charge in [-0.3, -0.25) is 14.9 Å². The second-order valence-corrected chi connectivity index (χ2v) is 4.46. The van der Waals surface area contributed by atoms with Gasteiger partial charge in [-0.15, -0.1) is 0 Å².